The molecular weight excluding hydrogens is 308 g/mol. The molecule has 1 aliphatic carbocycles. The highest BCUT2D eigenvalue weighted by Gasteiger charge is 2.48. The second-order valence-electron chi connectivity index (χ2n) is 8.47. The summed E-state index contributed by atoms with van der Waals surface area (Å²) in [4.78, 5) is 4.88. The van der Waals surface area contributed by atoms with E-state index < -0.39 is 0 Å². The minimum atomic E-state index is -0.0706. The largest absolute Gasteiger partial charge is 0.324 e. The van der Waals surface area contributed by atoms with Crippen LogP contribution < -0.4 is 11.5 Å². The average molecular weight is 347 g/mol. The summed E-state index contributed by atoms with van der Waals surface area (Å²) in [6, 6.07) is 11.6. The fourth-order valence-electron chi connectivity index (χ4n) is 4.54. The van der Waals surface area contributed by atoms with Crippen molar-refractivity contribution in [1.29, 1.82) is 0 Å². The molecular formula is C21H38N4. The zero-order chi connectivity index (χ0) is 18.6. The Hall–Kier alpha value is -0.940. The Kier molecular flexibility index (Phi) is 7.03. The van der Waals surface area contributed by atoms with Crippen molar-refractivity contribution in [3.8, 4) is 0 Å². The molecule has 2 rings (SSSR count). The zero-order valence-electron chi connectivity index (χ0n) is 16.8. The van der Waals surface area contributed by atoms with Crippen LogP contribution in [0.25, 0.3) is 0 Å². The smallest absolute Gasteiger partial charge is 0.0542 e. The zero-order valence-corrected chi connectivity index (χ0v) is 16.8. The van der Waals surface area contributed by atoms with E-state index in [9.17, 15) is 0 Å². The van der Waals surface area contributed by atoms with Crippen molar-refractivity contribution in [2.75, 3.05) is 20.1 Å². The summed E-state index contributed by atoms with van der Waals surface area (Å²) >= 11 is 0. The van der Waals surface area contributed by atoms with E-state index in [1.54, 1.807) is 0 Å². The highest BCUT2D eigenvalue weighted by Crippen LogP contribution is 2.39. The number of rotatable bonds is 9. The molecule has 1 saturated carbocycles. The van der Waals surface area contributed by atoms with Crippen molar-refractivity contribution in [3.05, 3.63) is 35.9 Å². The van der Waals surface area contributed by atoms with Gasteiger partial charge in [0.15, 0.2) is 0 Å². The van der Waals surface area contributed by atoms with Crippen molar-refractivity contribution in [2.24, 2.45) is 17.4 Å². The van der Waals surface area contributed by atoms with Crippen LogP contribution in [0.4, 0.5) is 0 Å². The standard InChI is InChI=1S/C21H38N4/c1-16-14-21(4,23)20(16)25(15-17(2)24(5)18(3)22)13-9-12-19-10-7-6-8-11-19/h6-8,10-11,16-18,20H,9,12-15,22-23H2,1-5H3. The second kappa shape index (κ2) is 8.63. The summed E-state index contributed by atoms with van der Waals surface area (Å²) in [6.45, 7) is 11.0. The lowest BCUT2D eigenvalue weighted by atomic mass is 9.65. The molecule has 1 aliphatic rings. The maximum absolute atomic E-state index is 6.57. The van der Waals surface area contributed by atoms with Gasteiger partial charge in [-0.3, -0.25) is 9.80 Å². The van der Waals surface area contributed by atoms with E-state index in [-0.39, 0.29) is 11.7 Å². The highest BCUT2D eigenvalue weighted by atomic mass is 15.3. The Bertz CT molecular complexity index is 514. The van der Waals surface area contributed by atoms with Gasteiger partial charge >= 0.3 is 0 Å². The summed E-state index contributed by atoms with van der Waals surface area (Å²) in [5, 5.41) is 0. The van der Waals surface area contributed by atoms with Gasteiger partial charge in [-0.2, -0.15) is 0 Å². The molecule has 4 nitrogen and oxygen atoms in total. The number of hydrogen-bond acceptors (Lipinski definition) is 4. The third-order valence-corrected chi connectivity index (χ3v) is 5.96. The first kappa shape index (κ1) is 20.4. The molecule has 1 aromatic carbocycles. The first-order valence-electron chi connectivity index (χ1n) is 9.76. The molecule has 25 heavy (non-hydrogen) atoms. The van der Waals surface area contributed by atoms with Crippen LogP contribution in [0.15, 0.2) is 30.3 Å². The lowest BCUT2D eigenvalue weighted by Gasteiger charge is -2.56. The summed E-state index contributed by atoms with van der Waals surface area (Å²) in [7, 11) is 2.11. The third kappa shape index (κ3) is 5.27. The molecule has 0 amide bonds. The van der Waals surface area contributed by atoms with Gasteiger partial charge in [0.2, 0.25) is 0 Å². The van der Waals surface area contributed by atoms with E-state index in [2.05, 4.69) is 74.9 Å². The van der Waals surface area contributed by atoms with Gasteiger partial charge in [0.1, 0.15) is 0 Å². The van der Waals surface area contributed by atoms with Crippen LogP contribution >= 0.6 is 0 Å². The molecule has 1 aromatic rings. The number of likely N-dealkylation sites (N-methyl/N-ethyl adjacent to an activating group) is 1. The quantitative estimate of drug-likeness (QED) is 0.675. The Morgan fingerprint density at radius 3 is 2.40 bits per heavy atom. The predicted molar refractivity (Wildman–Crippen MR) is 107 cm³/mol. The molecule has 0 spiro atoms. The van der Waals surface area contributed by atoms with E-state index in [4.69, 9.17) is 11.5 Å². The van der Waals surface area contributed by atoms with Gasteiger partial charge in [0.05, 0.1) is 6.17 Å². The monoisotopic (exact) mass is 346 g/mol. The maximum atomic E-state index is 6.57. The van der Waals surface area contributed by atoms with Crippen molar-refractivity contribution >= 4 is 0 Å². The fourth-order valence-corrected chi connectivity index (χ4v) is 4.54. The predicted octanol–water partition coefficient (Wildman–Crippen LogP) is 2.67. The minimum Gasteiger partial charge on any atom is -0.324 e. The Morgan fingerprint density at radius 1 is 1.24 bits per heavy atom. The highest BCUT2D eigenvalue weighted by molar-refractivity contribution is 5.14. The fraction of sp³-hybridized carbons (Fsp3) is 0.714. The van der Waals surface area contributed by atoms with Crippen molar-refractivity contribution in [3.63, 3.8) is 0 Å². The summed E-state index contributed by atoms with van der Waals surface area (Å²) in [6.07, 6.45) is 3.48. The Labute approximate surface area is 154 Å². The van der Waals surface area contributed by atoms with Crippen LogP contribution in [0.3, 0.4) is 0 Å². The number of aryl methyl sites for hydroxylation is 1. The van der Waals surface area contributed by atoms with Crippen molar-refractivity contribution in [1.82, 2.24) is 9.80 Å². The number of hydrogen-bond donors (Lipinski definition) is 2. The minimum absolute atomic E-state index is 0.0706. The lowest BCUT2D eigenvalue weighted by molar-refractivity contribution is -0.0195. The molecule has 0 heterocycles. The van der Waals surface area contributed by atoms with E-state index in [1.807, 2.05) is 0 Å². The Morgan fingerprint density at radius 2 is 1.88 bits per heavy atom. The maximum Gasteiger partial charge on any atom is 0.0542 e. The van der Waals surface area contributed by atoms with Crippen molar-refractivity contribution in [2.45, 2.75) is 70.7 Å². The molecule has 0 radical (unpaired) electrons. The molecule has 1 fully saturated rings. The van der Waals surface area contributed by atoms with E-state index in [0.29, 0.717) is 18.0 Å². The lowest BCUT2D eigenvalue weighted by Crippen LogP contribution is -2.69. The van der Waals surface area contributed by atoms with Crippen molar-refractivity contribution < 1.29 is 0 Å². The van der Waals surface area contributed by atoms with Crippen LogP contribution in [-0.2, 0) is 6.42 Å². The summed E-state index contributed by atoms with van der Waals surface area (Å²) in [5.74, 6) is 0.666. The molecule has 142 valence electrons. The molecule has 0 saturated heterocycles. The topological polar surface area (TPSA) is 58.5 Å². The molecule has 5 unspecified atom stereocenters. The van der Waals surface area contributed by atoms with Gasteiger partial charge in [-0.25, -0.2) is 0 Å². The number of benzene rings is 1. The van der Waals surface area contributed by atoms with Gasteiger partial charge < -0.3 is 11.5 Å². The normalized spacial score (nSPS) is 28.8. The van der Waals surface area contributed by atoms with Crippen LogP contribution in [-0.4, -0.2) is 53.7 Å². The molecule has 4 N–H and O–H groups in total. The van der Waals surface area contributed by atoms with Crippen LogP contribution in [0.1, 0.15) is 46.1 Å². The molecule has 5 atom stereocenters. The Balaban J connectivity index is 1.99. The summed E-state index contributed by atoms with van der Waals surface area (Å²) < 4.78 is 0. The second-order valence-corrected chi connectivity index (χ2v) is 8.47. The van der Waals surface area contributed by atoms with E-state index >= 15 is 0 Å². The number of nitrogens with zero attached hydrogens (tertiary/aromatic N) is 2. The van der Waals surface area contributed by atoms with Gasteiger partial charge in [0, 0.05) is 24.2 Å². The van der Waals surface area contributed by atoms with Gasteiger partial charge in [-0.1, -0.05) is 37.3 Å². The van der Waals surface area contributed by atoms with Gasteiger partial charge in [-0.05, 0) is 65.1 Å². The molecule has 0 aliphatic heterocycles. The van der Waals surface area contributed by atoms with E-state index in [1.165, 1.54) is 5.56 Å². The van der Waals surface area contributed by atoms with E-state index in [0.717, 1.165) is 32.4 Å². The van der Waals surface area contributed by atoms with Gasteiger partial charge in [0.25, 0.3) is 0 Å². The third-order valence-electron chi connectivity index (χ3n) is 5.96. The average Bonchev–Trinajstić information content (AvgIpc) is 2.53. The van der Waals surface area contributed by atoms with Crippen LogP contribution in [0.2, 0.25) is 0 Å². The number of nitrogens with two attached hydrogens (primary N) is 2. The van der Waals surface area contributed by atoms with Gasteiger partial charge in [-0.15, -0.1) is 0 Å². The summed E-state index contributed by atoms with van der Waals surface area (Å²) in [5.41, 5.74) is 14.0. The van der Waals surface area contributed by atoms with Crippen LogP contribution in [0, 0.1) is 5.92 Å². The first-order valence-corrected chi connectivity index (χ1v) is 9.76. The van der Waals surface area contributed by atoms with Crippen LogP contribution in [0.5, 0.6) is 0 Å². The first-order chi connectivity index (χ1) is 11.7. The molecule has 4 heteroatoms. The molecule has 0 bridgehead atoms. The SMILES string of the molecule is CC1CC(C)(N)C1N(CCCc1ccccc1)CC(C)N(C)C(C)N. The molecule has 0 aromatic heterocycles.